The molecule has 0 fully saturated rings. The summed E-state index contributed by atoms with van der Waals surface area (Å²) >= 11 is 0. The van der Waals surface area contributed by atoms with Crippen LogP contribution in [0.5, 0.6) is 5.75 Å². The van der Waals surface area contributed by atoms with Crippen LogP contribution >= 0.6 is 0 Å². The van der Waals surface area contributed by atoms with Gasteiger partial charge >= 0.3 is 0 Å². The summed E-state index contributed by atoms with van der Waals surface area (Å²) in [6, 6.07) is 10.3. The summed E-state index contributed by atoms with van der Waals surface area (Å²) in [5.74, 6) is 1.48. The van der Waals surface area contributed by atoms with E-state index in [4.69, 9.17) is 10.5 Å². The van der Waals surface area contributed by atoms with Gasteiger partial charge in [-0.05, 0) is 54.5 Å². The van der Waals surface area contributed by atoms with Crippen molar-refractivity contribution in [1.29, 1.82) is 0 Å². The maximum Gasteiger partial charge on any atom is 0.122 e. The molecule has 2 heterocycles. The normalized spacial score (nSPS) is 19.0. The number of fused-ring (bicyclic) bond motifs is 1. The van der Waals surface area contributed by atoms with Gasteiger partial charge in [0.2, 0.25) is 0 Å². The zero-order valence-corrected chi connectivity index (χ0v) is 11.8. The van der Waals surface area contributed by atoms with Gasteiger partial charge in [-0.25, -0.2) is 0 Å². The Morgan fingerprint density at radius 1 is 1.35 bits per heavy atom. The summed E-state index contributed by atoms with van der Waals surface area (Å²) in [5.41, 5.74) is 10.1. The number of hydrogen-bond acceptors (Lipinski definition) is 3. The fraction of sp³-hybridized carbons (Fsp3) is 0.353. The second kappa shape index (κ2) is 5.63. The van der Waals surface area contributed by atoms with Crippen molar-refractivity contribution < 1.29 is 4.74 Å². The predicted octanol–water partition coefficient (Wildman–Crippen LogP) is 3.35. The second-order valence-corrected chi connectivity index (χ2v) is 5.45. The van der Waals surface area contributed by atoms with Crippen LogP contribution in [-0.2, 0) is 0 Å². The average Bonchev–Trinajstić information content (AvgIpc) is 2.48. The number of nitrogens with two attached hydrogens (primary N) is 1. The van der Waals surface area contributed by atoms with E-state index < -0.39 is 0 Å². The van der Waals surface area contributed by atoms with Gasteiger partial charge in [0.25, 0.3) is 0 Å². The summed E-state index contributed by atoms with van der Waals surface area (Å²) in [5, 5.41) is 0. The van der Waals surface area contributed by atoms with E-state index in [0.717, 1.165) is 30.8 Å². The molecule has 0 saturated heterocycles. The average molecular weight is 268 g/mol. The molecule has 0 radical (unpaired) electrons. The first-order valence-electron chi connectivity index (χ1n) is 7.13. The molecule has 2 aromatic rings. The third-order valence-corrected chi connectivity index (χ3v) is 4.10. The van der Waals surface area contributed by atoms with Crippen LogP contribution in [0.4, 0.5) is 0 Å². The SMILES string of the molecule is Cc1ccncc1C(N)CC1CCOc2ccccc21. The molecule has 1 aliphatic heterocycles. The van der Waals surface area contributed by atoms with Crippen molar-refractivity contribution in [2.45, 2.75) is 31.7 Å². The molecule has 0 bridgehead atoms. The number of pyridine rings is 1. The van der Waals surface area contributed by atoms with Gasteiger partial charge in [0.05, 0.1) is 6.61 Å². The second-order valence-electron chi connectivity index (χ2n) is 5.45. The largest absolute Gasteiger partial charge is 0.493 e. The van der Waals surface area contributed by atoms with Crippen LogP contribution in [0.3, 0.4) is 0 Å². The zero-order chi connectivity index (χ0) is 13.9. The fourth-order valence-corrected chi connectivity index (χ4v) is 2.96. The third kappa shape index (κ3) is 2.54. The van der Waals surface area contributed by atoms with Gasteiger partial charge in [0.1, 0.15) is 5.75 Å². The van der Waals surface area contributed by atoms with Crippen molar-refractivity contribution in [3.63, 3.8) is 0 Å². The predicted molar refractivity (Wildman–Crippen MR) is 79.8 cm³/mol. The van der Waals surface area contributed by atoms with Gasteiger partial charge in [0, 0.05) is 18.4 Å². The van der Waals surface area contributed by atoms with Crippen LogP contribution in [-0.4, -0.2) is 11.6 Å². The molecule has 1 aromatic heterocycles. The highest BCUT2D eigenvalue weighted by Gasteiger charge is 2.24. The van der Waals surface area contributed by atoms with Gasteiger partial charge < -0.3 is 10.5 Å². The third-order valence-electron chi connectivity index (χ3n) is 4.10. The molecule has 0 amide bonds. The molecular formula is C17H20N2O. The Balaban J connectivity index is 1.81. The van der Waals surface area contributed by atoms with Crippen LogP contribution in [0.25, 0.3) is 0 Å². The lowest BCUT2D eigenvalue weighted by Crippen LogP contribution is -2.20. The van der Waals surface area contributed by atoms with Gasteiger partial charge in [0.15, 0.2) is 0 Å². The number of benzene rings is 1. The van der Waals surface area contributed by atoms with Crippen molar-refractivity contribution in [1.82, 2.24) is 4.98 Å². The zero-order valence-electron chi connectivity index (χ0n) is 11.8. The Kier molecular flexibility index (Phi) is 3.70. The Labute approximate surface area is 119 Å². The Morgan fingerprint density at radius 3 is 3.05 bits per heavy atom. The van der Waals surface area contributed by atoms with E-state index in [1.54, 1.807) is 0 Å². The highest BCUT2D eigenvalue weighted by atomic mass is 16.5. The van der Waals surface area contributed by atoms with Crippen molar-refractivity contribution in [3.05, 3.63) is 59.4 Å². The standard InChI is InChI=1S/C17H20N2O/c1-12-6-8-19-11-15(12)16(18)10-13-7-9-20-17-5-3-2-4-14(13)17/h2-6,8,11,13,16H,7,9-10,18H2,1H3. The van der Waals surface area contributed by atoms with E-state index in [1.165, 1.54) is 11.1 Å². The molecule has 104 valence electrons. The van der Waals surface area contributed by atoms with Crippen LogP contribution in [0.2, 0.25) is 0 Å². The first-order chi connectivity index (χ1) is 9.75. The minimum absolute atomic E-state index is 0.0276. The van der Waals surface area contributed by atoms with Crippen LogP contribution in [0.15, 0.2) is 42.7 Å². The molecule has 1 aliphatic rings. The van der Waals surface area contributed by atoms with Crippen LogP contribution in [0, 0.1) is 6.92 Å². The molecule has 3 rings (SSSR count). The lowest BCUT2D eigenvalue weighted by molar-refractivity contribution is 0.259. The van der Waals surface area contributed by atoms with Gasteiger partial charge in [-0.15, -0.1) is 0 Å². The molecule has 0 saturated carbocycles. The fourth-order valence-electron chi connectivity index (χ4n) is 2.96. The van der Waals surface area contributed by atoms with Crippen LogP contribution in [0.1, 0.15) is 41.5 Å². The number of hydrogen-bond donors (Lipinski definition) is 1. The Bertz CT molecular complexity index is 597. The van der Waals surface area contributed by atoms with Crippen LogP contribution < -0.4 is 10.5 Å². The lowest BCUT2D eigenvalue weighted by atomic mass is 9.85. The lowest BCUT2D eigenvalue weighted by Gasteiger charge is -2.28. The van der Waals surface area contributed by atoms with Gasteiger partial charge in [-0.1, -0.05) is 18.2 Å². The van der Waals surface area contributed by atoms with Gasteiger partial charge in [-0.3, -0.25) is 4.98 Å². The first-order valence-corrected chi connectivity index (χ1v) is 7.13. The molecule has 20 heavy (non-hydrogen) atoms. The number of para-hydroxylation sites is 1. The molecule has 0 spiro atoms. The molecule has 0 aliphatic carbocycles. The highest BCUT2D eigenvalue weighted by molar-refractivity contribution is 5.38. The van der Waals surface area contributed by atoms with E-state index in [0.29, 0.717) is 5.92 Å². The molecule has 3 nitrogen and oxygen atoms in total. The molecular weight excluding hydrogens is 248 g/mol. The Hall–Kier alpha value is -1.87. The quantitative estimate of drug-likeness (QED) is 0.928. The van der Waals surface area contributed by atoms with Crippen molar-refractivity contribution in [3.8, 4) is 5.75 Å². The number of rotatable bonds is 3. The summed E-state index contributed by atoms with van der Waals surface area (Å²) in [6.45, 7) is 2.87. The molecule has 1 aromatic carbocycles. The summed E-state index contributed by atoms with van der Waals surface area (Å²) in [7, 11) is 0. The monoisotopic (exact) mass is 268 g/mol. The molecule has 3 heteroatoms. The van der Waals surface area contributed by atoms with E-state index in [2.05, 4.69) is 24.0 Å². The van der Waals surface area contributed by atoms with E-state index in [-0.39, 0.29) is 6.04 Å². The molecule has 2 unspecified atom stereocenters. The smallest absolute Gasteiger partial charge is 0.122 e. The minimum Gasteiger partial charge on any atom is -0.493 e. The molecule has 2 atom stereocenters. The molecule has 2 N–H and O–H groups in total. The summed E-state index contributed by atoms with van der Waals surface area (Å²) in [6.07, 6.45) is 5.68. The number of ether oxygens (including phenoxy) is 1. The van der Waals surface area contributed by atoms with Crippen molar-refractivity contribution >= 4 is 0 Å². The van der Waals surface area contributed by atoms with Crippen molar-refractivity contribution in [2.75, 3.05) is 6.61 Å². The first kappa shape index (κ1) is 13.1. The van der Waals surface area contributed by atoms with Gasteiger partial charge in [-0.2, -0.15) is 0 Å². The maximum atomic E-state index is 6.40. The van der Waals surface area contributed by atoms with E-state index >= 15 is 0 Å². The summed E-state index contributed by atoms with van der Waals surface area (Å²) in [4.78, 5) is 4.20. The number of nitrogens with zero attached hydrogens (tertiary/aromatic N) is 1. The highest BCUT2D eigenvalue weighted by Crippen LogP contribution is 2.38. The van der Waals surface area contributed by atoms with E-state index in [1.807, 2.05) is 30.6 Å². The van der Waals surface area contributed by atoms with E-state index in [9.17, 15) is 0 Å². The minimum atomic E-state index is 0.0276. The maximum absolute atomic E-state index is 6.40. The van der Waals surface area contributed by atoms with Crippen molar-refractivity contribution in [2.24, 2.45) is 5.73 Å². The number of aromatic nitrogens is 1. The Morgan fingerprint density at radius 2 is 2.20 bits per heavy atom. The topological polar surface area (TPSA) is 48.1 Å². The summed E-state index contributed by atoms with van der Waals surface area (Å²) < 4.78 is 5.71. The number of aryl methyl sites for hydroxylation is 1.